The second-order valence-electron chi connectivity index (χ2n) is 4.71. The fourth-order valence-corrected chi connectivity index (χ4v) is 2.14. The van der Waals surface area contributed by atoms with E-state index in [1.165, 1.54) is 22.1 Å². The molecule has 0 unspecified atom stereocenters. The van der Waals surface area contributed by atoms with Crippen molar-refractivity contribution in [3.63, 3.8) is 0 Å². The molecule has 0 saturated carbocycles. The predicted octanol–water partition coefficient (Wildman–Crippen LogP) is 3.06. The number of halogens is 1. The van der Waals surface area contributed by atoms with E-state index in [0.717, 1.165) is 19.6 Å². The highest BCUT2D eigenvalue weighted by molar-refractivity contribution is 14.1. The average Bonchev–Trinajstić information content (AvgIpc) is 2.29. The molecule has 1 aromatic rings. The molecule has 0 radical (unpaired) electrons. The zero-order chi connectivity index (χ0) is 12.7. The Balaban J connectivity index is 2.50. The van der Waals surface area contributed by atoms with Crippen molar-refractivity contribution in [3.8, 4) is 0 Å². The van der Waals surface area contributed by atoms with Crippen LogP contribution in [-0.2, 0) is 6.54 Å². The predicted molar refractivity (Wildman–Crippen MR) is 83.3 cm³/mol. The van der Waals surface area contributed by atoms with E-state index in [9.17, 15) is 0 Å². The lowest BCUT2D eigenvalue weighted by Crippen LogP contribution is -2.32. The maximum atomic E-state index is 2.53. The summed E-state index contributed by atoms with van der Waals surface area (Å²) in [7, 11) is 4.27. The van der Waals surface area contributed by atoms with Gasteiger partial charge in [0, 0.05) is 23.2 Å². The minimum atomic E-state index is 1.07. The second kappa shape index (κ2) is 8.06. The van der Waals surface area contributed by atoms with Crippen molar-refractivity contribution >= 4 is 22.6 Å². The first kappa shape index (κ1) is 14.9. The van der Waals surface area contributed by atoms with Gasteiger partial charge in [-0.15, -0.1) is 0 Å². The van der Waals surface area contributed by atoms with E-state index in [0.29, 0.717) is 0 Å². The quantitative estimate of drug-likeness (QED) is 0.700. The number of likely N-dealkylation sites (N-methyl/N-ethyl adjacent to an activating group) is 1. The standard InChI is InChI=1S/C14H23IN2/c1-4-9-17(11-10-16(2)3)12-13-5-7-14(15)8-6-13/h5-8H,4,9-12H2,1-3H3. The molecule has 0 heterocycles. The molecule has 0 aliphatic rings. The fraction of sp³-hybridized carbons (Fsp3) is 0.571. The summed E-state index contributed by atoms with van der Waals surface area (Å²) in [6, 6.07) is 8.85. The van der Waals surface area contributed by atoms with Crippen molar-refractivity contribution in [1.82, 2.24) is 9.80 Å². The SMILES string of the molecule is CCCN(CCN(C)C)Cc1ccc(I)cc1. The van der Waals surface area contributed by atoms with Crippen LogP contribution in [0.4, 0.5) is 0 Å². The maximum Gasteiger partial charge on any atom is 0.0234 e. The normalized spacial score (nSPS) is 11.4. The number of hydrogen-bond donors (Lipinski definition) is 0. The van der Waals surface area contributed by atoms with Crippen LogP contribution in [0.3, 0.4) is 0 Å². The van der Waals surface area contributed by atoms with E-state index in [4.69, 9.17) is 0 Å². The number of hydrogen-bond acceptors (Lipinski definition) is 2. The highest BCUT2D eigenvalue weighted by Crippen LogP contribution is 2.09. The first-order valence-electron chi connectivity index (χ1n) is 6.23. The summed E-state index contributed by atoms with van der Waals surface area (Å²) in [5.74, 6) is 0. The largest absolute Gasteiger partial charge is 0.308 e. The van der Waals surface area contributed by atoms with Gasteiger partial charge in [0.15, 0.2) is 0 Å². The van der Waals surface area contributed by atoms with E-state index in [1.54, 1.807) is 0 Å². The van der Waals surface area contributed by atoms with E-state index in [-0.39, 0.29) is 0 Å². The summed E-state index contributed by atoms with van der Waals surface area (Å²) in [6.45, 7) is 6.77. The number of nitrogens with zero attached hydrogens (tertiary/aromatic N) is 2. The first-order chi connectivity index (χ1) is 8.11. The van der Waals surface area contributed by atoms with Crippen LogP contribution < -0.4 is 0 Å². The number of rotatable bonds is 7. The molecule has 0 bridgehead atoms. The second-order valence-corrected chi connectivity index (χ2v) is 5.95. The highest BCUT2D eigenvalue weighted by Gasteiger charge is 2.05. The van der Waals surface area contributed by atoms with Crippen LogP contribution in [0.25, 0.3) is 0 Å². The Bertz CT molecular complexity index is 309. The van der Waals surface area contributed by atoms with Crippen LogP contribution in [0.2, 0.25) is 0 Å². The maximum absolute atomic E-state index is 2.53. The molecular formula is C14H23IN2. The van der Waals surface area contributed by atoms with Gasteiger partial charge in [-0.3, -0.25) is 4.90 Å². The minimum absolute atomic E-state index is 1.07. The lowest BCUT2D eigenvalue weighted by Gasteiger charge is -2.23. The Morgan fingerprint density at radius 2 is 1.65 bits per heavy atom. The topological polar surface area (TPSA) is 6.48 Å². The van der Waals surface area contributed by atoms with E-state index in [1.807, 2.05) is 0 Å². The molecule has 0 aliphatic carbocycles. The third-order valence-corrected chi connectivity index (χ3v) is 3.44. The molecule has 96 valence electrons. The van der Waals surface area contributed by atoms with Crippen molar-refractivity contribution in [1.29, 1.82) is 0 Å². The Hall–Kier alpha value is -0.130. The molecule has 2 nitrogen and oxygen atoms in total. The van der Waals surface area contributed by atoms with Gasteiger partial charge >= 0.3 is 0 Å². The van der Waals surface area contributed by atoms with Gasteiger partial charge in [0.2, 0.25) is 0 Å². The van der Waals surface area contributed by atoms with E-state index >= 15 is 0 Å². The smallest absolute Gasteiger partial charge is 0.0234 e. The van der Waals surface area contributed by atoms with Crippen LogP contribution in [0.15, 0.2) is 24.3 Å². The Morgan fingerprint density at radius 1 is 1.00 bits per heavy atom. The molecule has 0 aromatic heterocycles. The van der Waals surface area contributed by atoms with Gasteiger partial charge < -0.3 is 4.90 Å². The molecular weight excluding hydrogens is 323 g/mol. The summed E-state index contributed by atoms with van der Waals surface area (Å²) in [4.78, 5) is 4.78. The molecule has 0 spiro atoms. The molecule has 0 atom stereocenters. The number of benzene rings is 1. The molecule has 0 saturated heterocycles. The third-order valence-electron chi connectivity index (χ3n) is 2.72. The van der Waals surface area contributed by atoms with Gasteiger partial charge in [0.1, 0.15) is 0 Å². The van der Waals surface area contributed by atoms with Gasteiger partial charge in [0.05, 0.1) is 0 Å². The van der Waals surface area contributed by atoms with Crippen LogP contribution >= 0.6 is 22.6 Å². The van der Waals surface area contributed by atoms with Gasteiger partial charge in [-0.2, -0.15) is 0 Å². The summed E-state index contributed by atoms with van der Waals surface area (Å²) < 4.78 is 1.31. The summed E-state index contributed by atoms with van der Waals surface area (Å²) in [5.41, 5.74) is 1.41. The van der Waals surface area contributed by atoms with Gasteiger partial charge in [-0.25, -0.2) is 0 Å². The zero-order valence-corrected chi connectivity index (χ0v) is 13.3. The minimum Gasteiger partial charge on any atom is -0.308 e. The van der Waals surface area contributed by atoms with Crippen molar-refractivity contribution < 1.29 is 0 Å². The van der Waals surface area contributed by atoms with Crippen LogP contribution in [-0.4, -0.2) is 43.5 Å². The van der Waals surface area contributed by atoms with Crippen molar-refractivity contribution in [2.24, 2.45) is 0 Å². The first-order valence-corrected chi connectivity index (χ1v) is 7.31. The lowest BCUT2D eigenvalue weighted by molar-refractivity contribution is 0.234. The molecule has 0 amide bonds. The Morgan fingerprint density at radius 3 is 2.18 bits per heavy atom. The van der Waals surface area contributed by atoms with E-state index in [2.05, 4.69) is 77.7 Å². The Labute approximate surface area is 119 Å². The van der Waals surface area contributed by atoms with Gasteiger partial charge in [-0.1, -0.05) is 19.1 Å². The highest BCUT2D eigenvalue weighted by atomic mass is 127. The fourth-order valence-electron chi connectivity index (χ4n) is 1.78. The molecule has 3 heteroatoms. The summed E-state index contributed by atoms with van der Waals surface area (Å²) in [5, 5.41) is 0. The molecule has 0 fully saturated rings. The molecule has 0 aliphatic heterocycles. The van der Waals surface area contributed by atoms with Crippen molar-refractivity contribution in [3.05, 3.63) is 33.4 Å². The van der Waals surface area contributed by atoms with Crippen molar-refractivity contribution in [2.75, 3.05) is 33.7 Å². The average molecular weight is 346 g/mol. The van der Waals surface area contributed by atoms with Crippen molar-refractivity contribution in [2.45, 2.75) is 19.9 Å². The van der Waals surface area contributed by atoms with E-state index < -0.39 is 0 Å². The summed E-state index contributed by atoms with van der Waals surface area (Å²) >= 11 is 2.35. The van der Waals surface area contributed by atoms with Crippen LogP contribution in [0.1, 0.15) is 18.9 Å². The van der Waals surface area contributed by atoms with Crippen LogP contribution in [0, 0.1) is 3.57 Å². The van der Waals surface area contributed by atoms with Gasteiger partial charge in [-0.05, 0) is 67.3 Å². The third kappa shape index (κ3) is 6.38. The van der Waals surface area contributed by atoms with Gasteiger partial charge in [0.25, 0.3) is 0 Å². The molecule has 1 aromatic carbocycles. The lowest BCUT2D eigenvalue weighted by atomic mass is 10.2. The monoisotopic (exact) mass is 346 g/mol. The molecule has 0 N–H and O–H groups in total. The van der Waals surface area contributed by atoms with Crippen LogP contribution in [0.5, 0.6) is 0 Å². The zero-order valence-electron chi connectivity index (χ0n) is 11.1. The Kier molecular flexibility index (Phi) is 7.08. The summed E-state index contributed by atoms with van der Waals surface area (Å²) in [6.07, 6.45) is 1.22. The molecule has 1 rings (SSSR count). The molecule has 17 heavy (non-hydrogen) atoms.